The maximum Gasteiger partial charge on any atom is 0.166 e. The Morgan fingerprint density at radius 1 is 1.16 bits per heavy atom. The predicted octanol–water partition coefficient (Wildman–Crippen LogP) is 2.73. The van der Waals surface area contributed by atoms with E-state index in [1.807, 2.05) is 35.9 Å². The molecule has 5 nitrogen and oxygen atoms in total. The summed E-state index contributed by atoms with van der Waals surface area (Å²) in [5.41, 5.74) is 4.27. The van der Waals surface area contributed by atoms with Gasteiger partial charge in [-0.2, -0.15) is 0 Å². The number of anilines is 1. The number of carbonyl (C=O) groups excluding carboxylic acids is 1. The monoisotopic (exact) mass is 363 g/mol. The van der Waals surface area contributed by atoms with E-state index >= 15 is 0 Å². The first-order valence-corrected chi connectivity index (χ1v) is 8.75. The van der Waals surface area contributed by atoms with Crippen LogP contribution in [0, 0.1) is 6.92 Å². The molecule has 1 aliphatic rings. The number of piperazine rings is 1. The quantitative estimate of drug-likeness (QED) is 0.848. The molecule has 1 aromatic carbocycles. The summed E-state index contributed by atoms with van der Waals surface area (Å²) in [6.07, 6.45) is 0.922. The van der Waals surface area contributed by atoms with E-state index in [0.717, 1.165) is 62.5 Å². The van der Waals surface area contributed by atoms with Crippen LogP contribution in [0.3, 0.4) is 0 Å². The number of nitrogens with zero attached hydrogens (tertiary/aromatic N) is 3. The molecule has 1 aromatic heterocycles. The molecular weight excluding hydrogens is 338 g/mol. The predicted molar refractivity (Wildman–Crippen MR) is 103 cm³/mol. The Kier molecular flexibility index (Phi) is 7.05. The van der Waals surface area contributed by atoms with E-state index < -0.39 is 0 Å². The summed E-state index contributed by atoms with van der Waals surface area (Å²) in [7, 11) is 2.94. The van der Waals surface area contributed by atoms with Crippen LogP contribution in [0.15, 0.2) is 30.3 Å². The highest BCUT2D eigenvalue weighted by Gasteiger charge is 2.20. The fourth-order valence-corrected chi connectivity index (χ4v) is 3.41. The zero-order valence-corrected chi connectivity index (χ0v) is 15.8. The highest BCUT2D eigenvalue weighted by Crippen LogP contribution is 2.26. The summed E-state index contributed by atoms with van der Waals surface area (Å²) in [6.45, 7) is 6.89. The number of rotatable bonds is 4. The highest BCUT2D eigenvalue weighted by molar-refractivity contribution is 6.33. The number of hydrogen-bond acceptors (Lipinski definition) is 4. The van der Waals surface area contributed by atoms with Crippen LogP contribution in [-0.4, -0.2) is 54.1 Å². The van der Waals surface area contributed by atoms with Gasteiger partial charge < -0.3 is 14.6 Å². The topological polar surface area (TPSA) is 48.7 Å². The first kappa shape index (κ1) is 19.5. The van der Waals surface area contributed by atoms with Crippen molar-refractivity contribution in [3.8, 4) is 0 Å². The Bertz CT molecular complexity index is 707. The smallest absolute Gasteiger partial charge is 0.166 e. The van der Waals surface area contributed by atoms with Gasteiger partial charge in [-0.15, -0.1) is 0 Å². The van der Waals surface area contributed by atoms with Gasteiger partial charge in [-0.05, 0) is 30.7 Å². The number of aliphatic hydroxyl groups excluding tert-OH is 1. The zero-order valence-electron chi connectivity index (χ0n) is 15.1. The Morgan fingerprint density at radius 2 is 1.80 bits per heavy atom. The second kappa shape index (κ2) is 9.04. The number of para-hydroxylation sites is 1. The number of aldehydes is 1. The molecule has 0 saturated carbocycles. The Morgan fingerprint density at radius 3 is 2.36 bits per heavy atom. The average molecular weight is 364 g/mol. The van der Waals surface area contributed by atoms with Gasteiger partial charge in [0.1, 0.15) is 0 Å². The Labute approximate surface area is 154 Å². The van der Waals surface area contributed by atoms with Crippen LogP contribution < -0.4 is 4.90 Å². The third kappa shape index (κ3) is 4.42. The molecule has 25 heavy (non-hydrogen) atoms. The zero-order chi connectivity index (χ0) is 18.4. The van der Waals surface area contributed by atoms with Gasteiger partial charge in [0, 0.05) is 52.6 Å². The van der Waals surface area contributed by atoms with Crippen LogP contribution >= 0.6 is 11.6 Å². The van der Waals surface area contributed by atoms with E-state index in [0.29, 0.717) is 0 Å². The summed E-state index contributed by atoms with van der Waals surface area (Å²) < 4.78 is 1.96. The summed E-state index contributed by atoms with van der Waals surface area (Å²) >= 11 is 6.29. The molecule has 2 aromatic rings. The molecular formula is C19H26ClN3O2. The molecule has 0 radical (unpaired) electrons. The van der Waals surface area contributed by atoms with Crippen molar-refractivity contribution in [1.82, 2.24) is 9.47 Å². The molecule has 0 aliphatic carbocycles. The van der Waals surface area contributed by atoms with Gasteiger partial charge in [0.05, 0.1) is 16.4 Å². The molecule has 6 heteroatoms. The molecule has 0 amide bonds. The van der Waals surface area contributed by atoms with E-state index in [-0.39, 0.29) is 0 Å². The minimum Gasteiger partial charge on any atom is -0.400 e. The van der Waals surface area contributed by atoms with Crippen molar-refractivity contribution in [2.75, 3.05) is 38.2 Å². The van der Waals surface area contributed by atoms with Crippen LogP contribution in [-0.2, 0) is 13.6 Å². The second-order valence-corrected chi connectivity index (χ2v) is 6.48. The van der Waals surface area contributed by atoms with E-state index in [4.69, 9.17) is 16.7 Å². The number of hydrogen-bond donors (Lipinski definition) is 1. The number of halogens is 1. The normalized spacial score (nSPS) is 14.8. The average Bonchev–Trinajstić information content (AvgIpc) is 2.92. The highest BCUT2D eigenvalue weighted by atomic mass is 35.5. The number of aromatic nitrogens is 1. The molecule has 136 valence electrons. The molecule has 0 bridgehead atoms. The van der Waals surface area contributed by atoms with Crippen molar-refractivity contribution in [3.63, 3.8) is 0 Å². The summed E-state index contributed by atoms with van der Waals surface area (Å²) in [6, 6.07) is 10.0. The lowest BCUT2D eigenvalue weighted by Gasteiger charge is -2.36. The molecule has 2 heterocycles. The molecule has 1 saturated heterocycles. The maximum atomic E-state index is 11.1. The molecule has 0 atom stereocenters. The van der Waals surface area contributed by atoms with E-state index in [1.165, 1.54) is 11.3 Å². The third-order valence-corrected chi connectivity index (χ3v) is 5.08. The van der Waals surface area contributed by atoms with E-state index in [1.54, 1.807) is 0 Å². The SMILES string of the molecule is CO.Cc1c(CN2CCN(c3ccccc3Cl)CC2)cc(C=O)n1C. The third-order valence-electron chi connectivity index (χ3n) is 4.76. The van der Waals surface area contributed by atoms with E-state index in [9.17, 15) is 4.79 Å². The van der Waals surface area contributed by atoms with Gasteiger partial charge in [0.15, 0.2) is 6.29 Å². The van der Waals surface area contributed by atoms with Crippen molar-refractivity contribution in [2.24, 2.45) is 7.05 Å². The van der Waals surface area contributed by atoms with Crippen molar-refractivity contribution in [2.45, 2.75) is 13.5 Å². The standard InChI is InChI=1S/C18H22ClN3O.CH4O/c1-14-15(11-16(13-23)20(14)2)12-21-7-9-22(10-8-21)18-6-4-3-5-17(18)19;1-2/h3-6,11,13H,7-10,12H2,1-2H3;2H,1H3. The van der Waals surface area contributed by atoms with Gasteiger partial charge in [-0.25, -0.2) is 0 Å². The van der Waals surface area contributed by atoms with Crippen molar-refractivity contribution in [1.29, 1.82) is 0 Å². The molecule has 0 unspecified atom stereocenters. The fourth-order valence-electron chi connectivity index (χ4n) is 3.16. The van der Waals surface area contributed by atoms with Gasteiger partial charge in [0.2, 0.25) is 0 Å². The minimum absolute atomic E-state index is 0.743. The van der Waals surface area contributed by atoms with Gasteiger partial charge in [0.25, 0.3) is 0 Å². The van der Waals surface area contributed by atoms with Crippen molar-refractivity contribution in [3.05, 3.63) is 52.3 Å². The van der Waals surface area contributed by atoms with Crippen LogP contribution in [0.4, 0.5) is 5.69 Å². The number of benzene rings is 1. The lowest BCUT2D eigenvalue weighted by atomic mass is 10.2. The van der Waals surface area contributed by atoms with Crippen LogP contribution in [0.2, 0.25) is 5.02 Å². The summed E-state index contributed by atoms with van der Waals surface area (Å²) in [5.74, 6) is 0. The van der Waals surface area contributed by atoms with Crippen LogP contribution in [0.5, 0.6) is 0 Å². The van der Waals surface area contributed by atoms with Gasteiger partial charge in [-0.3, -0.25) is 9.69 Å². The Balaban J connectivity index is 0.00000109. The lowest BCUT2D eigenvalue weighted by Crippen LogP contribution is -2.46. The fraction of sp³-hybridized carbons (Fsp3) is 0.421. The lowest BCUT2D eigenvalue weighted by molar-refractivity contribution is 0.111. The molecule has 1 aliphatic heterocycles. The minimum atomic E-state index is 0.743. The second-order valence-electron chi connectivity index (χ2n) is 6.07. The number of carbonyl (C=O) groups is 1. The largest absolute Gasteiger partial charge is 0.400 e. The Hall–Kier alpha value is -1.82. The van der Waals surface area contributed by atoms with E-state index in [2.05, 4.69) is 22.8 Å². The van der Waals surface area contributed by atoms with Gasteiger partial charge >= 0.3 is 0 Å². The maximum absolute atomic E-state index is 11.1. The summed E-state index contributed by atoms with van der Waals surface area (Å²) in [4.78, 5) is 15.8. The number of aliphatic hydroxyl groups is 1. The van der Waals surface area contributed by atoms with Crippen molar-refractivity contribution >= 4 is 23.6 Å². The molecule has 0 spiro atoms. The van der Waals surface area contributed by atoms with Crippen molar-refractivity contribution < 1.29 is 9.90 Å². The molecule has 3 rings (SSSR count). The van der Waals surface area contributed by atoms with Crippen LogP contribution in [0.1, 0.15) is 21.7 Å². The first-order chi connectivity index (χ1) is 12.1. The molecule has 1 fully saturated rings. The first-order valence-electron chi connectivity index (χ1n) is 8.37. The molecule has 1 N–H and O–H groups in total. The van der Waals surface area contributed by atoms with Gasteiger partial charge in [-0.1, -0.05) is 23.7 Å². The van der Waals surface area contributed by atoms with Crippen LogP contribution in [0.25, 0.3) is 0 Å². The summed E-state index contributed by atoms with van der Waals surface area (Å²) in [5, 5.41) is 7.82.